The third-order valence-electron chi connectivity index (χ3n) is 2.70. The van der Waals surface area contributed by atoms with E-state index in [9.17, 15) is 4.39 Å². The summed E-state index contributed by atoms with van der Waals surface area (Å²) in [5.41, 5.74) is 1.51. The van der Waals surface area contributed by atoms with Crippen LogP contribution in [0.25, 0.3) is 0 Å². The maximum Gasteiger partial charge on any atom is 0.156 e. The lowest BCUT2D eigenvalue weighted by molar-refractivity contribution is 0.414. The molecule has 20 heavy (non-hydrogen) atoms. The lowest BCUT2D eigenvalue weighted by Gasteiger charge is -2.14. The van der Waals surface area contributed by atoms with Crippen molar-refractivity contribution in [3.63, 3.8) is 0 Å². The normalized spacial score (nSPS) is 10.4. The quantitative estimate of drug-likeness (QED) is 0.756. The molecule has 2 rings (SSSR count). The number of rotatable bonds is 4. The van der Waals surface area contributed by atoms with Gasteiger partial charge in [-0.15, -0.1) is 0 Å². The van der Waals surface area contributed by atoms with E-state index in [0.717, 1.165) is 15.7 Å². The zero-order valence-corrected chi connectivity index (χ0v) is 13.6. The Balaban J connectivity index is 2.22. The maximum atomic E-state index is 13.0. The third-order valence-corrected chi connectivity index (χ3v) is 3.86. The van der Waals surface area contributed by atoms with Gasteiger partial charge < -0.3 is 10.1 Å². The highest BCUT2D eigenvalue weighted by molar-refractivity contribution is 9.10. The Kier molecular flexibility index (Phi) is 5.13. The van der Waals surface area contributed by atoms with Crippen LogP contribution in [0.5, 0.6) is 5.75 Å². The second-order valence-electron chi connectivity index (χ2n) is 4.06. The van der Waals surface area contributed by atoms with Gasteiger partial charge in [-0.05, 0) is 45.8 Å². The molecule has 0 aliphatic rings. The monoisotopic (exact) mass is 377 g/mol. The molecule has 0 heterocycles. The number of hydrogen-bond donors (Lipinski definition) is 1. The number of anilines is 1. The van der Waals surface area contributed by atoms with Crippen molar-refractivity contribution in [1.82, 2.24) is 0 Å². The summed E-state index contributed by atoms with van der Waals surface area (Å²) >= 11 is 15.4. The number of ether oxygens (including phenoxy) is 1. The summed E-state index contributed by atoms with van der Waals surface area (Å²) in [6.45, 7) is 0.433. The zero-order valence-electron chi connectivity index (χ0n) is 10.5. The van der Waals surface area contributed by atoms with Crippen molar-refractivity contribution >= 4 is 44.8 Å². The Bertz CT molecular complexity index is 637. The van der Waals surface area contributed by atoms with E-state index < -0.39 is 0 Å². The molecule has 2 aromatic carbocycles. The van der Waals surface area contributed by atoms with Gasteiger partial charge in [0.1, 0.15) is 5.82 Å². The van der Waals surface area contributed by atoms with E-state index in [4.69, 9.17) is 27.9 Å². The molecule has 0 atom stereocenters. The predicted molar refractivity (Wildman–Crippen MR) is 84.4 cm³/mol. The van der Waals surface area contributed by atoms with Gasteiger partial charge in [-0.25, -0.2) is 4.39 Å². The van der Waals surface area contributed by atoms with E-state index in [1.807, 2.05) is 0 Å². The van der Waals surface area contributed by atoms with E-state index in [1.165, 1.54) is 12.1 Å². The van der Waals surface area contributed by atoms with Crippen molar-refractivity contribution in [3.05, 3.63) is 56.2 Å². The SMILES string of the molecule is COc1c(Br)cc(Cl)cc1NCc1ccc(F)cc1Cl. The van der Waals surface area contributed by atoms with Gasteiger partial charge in [-0.1, -0.05) is 29.3 Å². The van der Waals surface area contributed by atoms with Crippen LogP contribution in [0.15, 0.2) is 34.8 Å². The summed E-state index contributed by atoms with van der Waals surface area (Å²) in [4.78, 5) is 0. The number of nitrogens with one attached hydrogen (secondary N) is 1. The minimum atomic E-state index is -0.359. The number of halogens is 4. The van der Waals surface area contributed by atoms with Crippen LogP contribution in [-0.2, 0) is 6.54 Å². The Morgan fingerprint density at radius 3 is 2.65 bits per heavy atom. The topological polar surface area (TPSA) is 21.3 Å². The highest BCUT2D eigenvalue weighted by atomic mass is 79.9. The van der Waals surface area contributed by atoms with Crippen LogP contribution in [-0.4, -0.2) is 7.11 Å². The first kappa shape index (κ1) is 15.4. The molecule has 2 aromatic rings. The second-order valence-corrected chi connectivity index (χ2v) is 5.76. The molecule has 0 spiro atoms. The summed E-state index contributed by atoms with van der Waals surface area (Å²) in [5.74, 6) is 0.287. The Morgan fingerprint density at radius 2 is 2.00 bits per heavy atom. The van der Waals surface area contributed by atoms with Gasteiger partial charge in [-0.2, -0.15) is 0 Å². The molecule has 0 aromatic heterocycles. The first-order valence-electron chi connectivity index (χ1n) is 5.72. The van der Waals surface area contributed by atoms with Gasteiger partial charge in [0.15, 0.2) is 5.75 Å². The standard InChI is InChI=1S/C14H11BrCl2FNO/c1-20-14-11(15)4-9(16)5-13(14)19-7-8-2-3-10(18)6-12(8)17/h2-6,19H,7H2,1H3. The molecule has 0 amide bonds. The van der Waals surface area contributed by atoms with Crippen LogP contribution in [0.4, 0.5) is 10.1 Å². The summed E-state index contributed by atoms with van der Waals surface area (Å²) in [6.07, 6.45) is 0. The molecule has 0 fully saturated rings. The molecular weight excluding hydrogens is 368 g/mol. The van der Waals surface area contributed by atoms with Crippen molar-refractivity contribution in [2.45, 2.75) is 6.54 Å². The molecule has 6 heteroatoms. The van der Waals surface area contributed by atoms with E-state index in [0.29, 0.717) is 22.3 Å². The average Bonchev–Trinajstić information content (AvgIpc) is 2.37. The van der Waals surface area contributed by atoms with Crippen molar-refractivity contribution in [3.8, 4) is 5.75 Å². The van der Waals surface area contributed by atoms with E-state index in [2.05, 4.69) is 21.2 Å². The van der Waals surface area contributed by atoms with Gasteiger partial charge in [0, 0.05) is 16.6 Å². The molecule has 0 unspecified atom stereocenters. The van der Waals surface area contributed by atoms with Crippen molar-refractivity contribution in [2.24, 2.45) is 0 Å². The minimum Gasteiger partial charge on any atom is -0.493 e. The molecule has 2 nitrogen and oxygen atoms in total. The van der Waals surface area contributed by atoms with E-state index >= 15 is 0 Å². The second kappa shape index (κ2) is 6.66. The lowest BCUT2D eigenvalue weighted by atomic mass is 10.2. The highest BCUT2D eigenvalue weighted by Crippen LogP contribution is 2.36. The molecule has 0 aliphatic heterocycles. The van der Waals surface area contributed by atoms with Crippen LogP contribution in [0.1, 0.15) is 5.56 Å². The fourth-order valence-electron chi connectivity index (χ4n) is 1.75. The Hall–Kier alpha value is -0.970. The van der Waals surface area contributed by atoms with Gasteiger partial charge in [0.05, 0.1) is 17.3 Å². The van der Waals surface area contributed by atoms with Gasteiger partial charge >= 0.3 is 0 Å². The third kappa shape index (κ3) is 3.57. The molecule has 106 valence electrons. The molecule has 1 N–H and O–H groups in total. The molecule has 0 bridgehead atoms. The fourth-order valence-corrected chi connectivity index (χ4v) is 2.96. The summed E-state index contributed by atoms with van der Waals surface area (Å²) in [5, 5.41) is 4.12. The van der Waals surface area contributed by atoms with E-state index in [1.54, 1.807) is 25.3 Å². The Labute approximate surface area is 135 Å². The molecule has 0 saturated heterocycles. The summed E-state index contributed by atoms with van der Waals surface area (Å²) in [6, 6.07) is 7.79. The first-order valence-corrected chi connectivity index (χ1v) is 7.27. The van der Waals surface area contributed by atoms with Crippen LogP contribution < -0.4 is 10.1 Å². The Morgan fingerprint density at radius 1 is 1.25 bits per heavy atom. The predicted octanol–water partition coefficient (Wildman–Crippen LogP) is 5.52. The maximum absolute atomic E-state index is 13.0. The van der Waals surface area contributed by atoms with Crippen LogP contribution in [0, 0.1) is 5.82 Å². The van der Waals surface area contributed by atoms with Crippen LogP contribution in [0.2, 0.25) is 10.0 Å². The van der Waals surface area contributed by atoms with Gasteiger partial charge in [-0.3, -0.25) is 0 Å². The van der Waals surface area contributed by atoms with E-state index in [-0.39, 0.29) is 5.82 Å². The first-order chi connectivity index (χ1) is 9.51. The van der Waals surface area contributed by atoms with Crippen molar-refractivity contribution in [1.29, 1.82) is 0 Å². The molecule has 0 aliphatic carbocycles. The largest absolute Gasteiger partial charge is 0.493 e. The minimum absolute atomic E-state index is 0.359. The highest BCUT2D eigenvalue weighted by Gasteiger charge is 2.10. The van der Waals surface area contributed by atoms with Gasteiger partial charge in [0.2, 0.25) is 0 Å². The van der Waals surface area contributed by atoms with Crippen molar-refractivity contribution < 1.29 is 9.13 Å². The number of methoxy groups -OCH3 is 1. The molecular formula is C14H11BrCl2FNO. The molecule has 0 saturated carbocycles. The zero-order chi connectivity index (χ0) is 14.7. The summed E-state index contributed by atoms with van der Waals surface area (Å²) < 4.78 is 19.0. The van der Waals surface area contributed by atoms with Gasteiger partial charge in [0.25, 0.3) is 0 Å². The summed E-state index contributed by atoms with van der Waals surface area (Å²) in [7, 11) is 1.57. The van der Waals surface area contributed by atoms with Crippen molar-refractivity contribution in [2.75, 3.05) is 12.4 Å². The van der Waals surface area contributed by atoms with Crippen LogP contribution >= 0.6 is 39.1 Å². The fraction of sp³-hybridized carbons (Fsp3) is 0.143. The molecule has 0 radical (unpaired) electrons. The smallest absolute Gasteiger partial charge is 0.156 e. The number of hydrogen-bond acceptors (Lipinski definition) is 2. The average molecular weight is 379 g/mol. The number of benzene rings is 2. The lowest BCUT2D eigenvalue weighted by Crippen LogP contribution is -2.02. The van der Waals surface area contributed by atoms with Crippen LogP contribution in [0.3, 0.4) is 0 Å².